The maximum absolute atomic E-state index is 13.8. The molecular weight excluding hydrogens is 376 g/mol. The molecule has 0 aliphatic rings. The van der Waals surface area contributed by atoms with Gasteiger partial charge in [0.2, 0.25) is 10.0 Å². The van der Waals surface area contributed by atoms with Gasteiger partial charge in [-0.1, -0.05) is 36.2 Å². The molecule has 0 atom stereocenters. The van der Waals surface area contributed by atoms with Gasteiger partial charge < -0.3 is 4.74 Å². The van der Waals surface area contributed by atoms with Crippen LogP contribution in [0.25, 0.3) is 0 Å². The molecule has 2 aromatic rings. The maximum atomic E-state index is 13.8. The van der Waals surface area contributed by atoms with E-state index in [1.807, 2.05) is 0 Å². The molecule has 0 aliphatic carbocycles. The summed E-state index contributed by atoms with van der Waals surface area (Å²) >= 11 is 11.7. The van der Waals surface area contributed by atoms with Gasteiger partial charge >= 0.3 is 0 Å². The zero-order valence-corrected chi connectivity index (χ0v) is 15.4. The van der Waals surface area contributed by atoms with Gasteiger partial charge in [-0.15, -0.1) is 0 Å². The number of halogens is 3. The highest BCUT2D eigenvalue weighted by Gasteiger charge is 2.24. The van der Waals surface area contributed by atoms with Gasteiger partial charge in [0.25, 0.3) is 0 Å². The van der Waals surface area contributed by atoms with Crippen LogP contribution in [-0.2, 0) is 16.6 Å². The van der Waals surface area contributed by atoms with Crippen LogP contribution < -0.4 is 4.74 Å². The molecule has 2 aromatic carbocycles. The minimum Gasteiger partial charge on any atom is -0.494 e. The summed E-state index contributed by atoms with van der Waals surface area (Å²) in [5.74, 6) is -0.438. The Bertz CT molecular complexity index is 843. The van der Waals surface area contributed by atoms with Crippen molar-refractivity contribution in [2.45, 2.75) is 18.4 Å². The fraction of sp³-hybridized carbons (Fsp3) is 0.250. The summed E-state index contributed by atoms with van der Waals surface area (Å²) < 4.78 is 45.4. The van der Waals surface area contributed by atoms with Crippen molar-refractivity contribution in [3.8, 4) is 5.75 Å². The highest BCUT2D eigenvalue weighted by molar-refractivity contribution is 7.89. The fourth-order valence-corrected chi connectivity index (χ4v) is 3.99. The Hall–Kier alpha value is -1.34. The van der Waals surface area contributed by atoms with Gasteiger partial charge in [0, 0.05) is 13.1 Å². The number of hydrogen-bond acceptors (Lipinski definition) is 3. The van der Waals surface area contributed by atoms with Gasteiger partial charge in [0.15, 0.2) is 11.6 Å². The molecule has 0 heterocycles. The Labute approximate surface area is 150 Å². The van der Waals surface area contributed by atoms with E-state index in [0.29, 0.717) is 5.56 Å². The average Bonchev–Trinajstić information content (AvgIpc) is 2.55. The van der Waals surface area contributed by atoms with Crippen molar-refractivity contribution in [3.05, 3.63) is 57.8 Å². The number of ether oxygens (including phenoxy) is 1. The first-order valence-electron chi connectivity index (χ1n) is 7.07. The van der Waals surface area contributed by atoms with Crippen molar-refractivity contribution >= 4 is 33.2 Å². The predicted molar refractivity (Wildman–Crippen MR) is 92.7 cm³/mol. The van der Waals surface area contributed by atoms with Crippen LogP contribution in [0.5, 0.6) is 5.75 Å². The zero-order valence-electron chi connectivity index (χ0n) is 13.1. The molecule has 2 rings (SSSR count). The molecule has 8 heteroatoms. The lowest BCUT2D eigenvalue weighted by atomic mass is 10.2. The van der Waals surface area contributed by atoms with Gasteiger partial charge in [0.05, 0.1) is 22.1 Å². The molecule has 0 N–H and O–H groups in total. The Balaban J connectivity index is 2.32. The van der Waals surface area contributed by atoms with E-state index in [1.54, 1.807) is 13.0 Å². The molecule has 0 fully saturated rings. The van der Waals surface area contributed by atoms with E-state index in [4.69, 9.17) is 27.9 Å². The van der Waals surface area contributed by atoms with E-state index < -0.39 is 15.8 Å². The number of sulfonamides is 1. The second-order valence-electron chi connectivity index (χ2n) is 4.98. The molecule has 0 aromatic heterocycles. The topological polar surface area (TPSA) is 46.6 Å². The summed E-state index contributed by atoms with van der Waals surface area (Å²) in [6.45, 7) is 1.95. The van der Waals surface area contributed by atoms with E-state index in [1.165, 1.54) is 41.7 Å². The normalized spacial score (nSPS) is 11.8. The molecule has 0 aliphatic heterocycles. The van der Waals surface area contributed by atoms with Gasteiger partial charge in [-0.3, -0.25) is 0 Å². The van der Waals surface area contributed by atoms with E-state index in [0.717, 1.165) is 0 Å². The van der Waals surface area contributed by atoms with Crippen LogP contribution in [0, 0.1) is 5.82 Å². The number of nitrogens with zero attached hydrogens (tertiary/aromatic N) is 1. The summed E-state index contributed by atoms with van der Waals surface area (Å²) in [6, 6.07) is 8.46. The second kappa shape index (κ2) is 7.70. The largest absolute Gasteiger partial charge is 0.494 e. The summed E-state index contributed by atoms with van der Waals surface area (Å²) in [4.78, 5) is 0.0349. The first kappa shape index (κ1) is 19.0. The average molecular weight is 392 g/mol. The molecule has 0 saturated carbocycles. The highest BCUT2D eigenvalue weighted by atomic mass is 35.5. The van der Waals surface area contributed by atoms with Crippen molar-refractivity contribution in [2.24, 2.45) is 0 Å². The summed E-state index contributed by atoms with van der Waals surface area (Å²) in [5, 5.41) is 0.431. The zero-order chi connectivity index (χ0) is 17.9. The standard InChI is InChI=1S/C16H16Cl2FNO3S/c1-3-20(10-11-4-7-16(23-2)15(19)8-11)24(21,22)12-5-6-13(17)14(18)9-12/h4-9H,3,10H2,1-2H3. The van der Waals surface area contributed by atoms with E-state index >= 15 is 0 Å². The molecule has 0 amide bonds. The number of benzene rings is 2. The van der Waals surface area contributed by atoms with Crippen molar-refractivity contribution in [3.63, 3.8) is 0 Å². The minimum atomic E-state index is -3.78. The van der Waals surface area contributed by atoms with Crippen molar-refractivity contribution in [2.75, 3.05) is 13.7 Å². The summed E-state index contributed by atoms with van der Waals surface area (Å²) in [7, 11) is -2.41. The molecule has 0 bridgehead atoms. The van der Waals surface area contributed by atoms with E-state index in [2.05, 4.69) is 0 Å². The van der Waals surface area contributed by atoms with Gasteiger partial charge in [-0.2, -0.15) is 4.31 Å². The molecule has 130 valence electrons. The smallest absolute Gasteiger partial charge is 0.243 e. The minimum absolute atomic E-state index is 0.0278. The Morgan fingerprint density at radius 2 is 1.83 bits per heavy atom. The SMILES string of the molecule is CCN(Cc1ccc(OC)c(F)c1)S(=O)(=O)c1ccc(Cl)c(Cl)c1. The maximum Gasteiger partial charge on any atom is 0.243 e. The summed E-state index contributed by atoms with van der Waals surface area (Å²) in [5.41, 5.74) is 0.513. The molecular formula is C16H16Cl2FNO3S. The first-order valence-corrected chi connectivity index (χ1v) is 9.26. The predicted octanol–water partition coefficient (Wildman–Crippen LogP) is 4.35. The van der Waals surface area contributed by atoms with E-state index in [-0.39, 0.29) is 33.8 Å². The number of rotatable bonds is 6. The fourth-order valence-electron chi connectivity index (χ4n) is 2.16. The van der Waals surface area contributed by atoms with Gasteiger partial charge in [0.1, 0.15) is 0 Å². The Morgan fingerprint density at radius 3 is 2.38 bits per heavy atom. The molecule has 0 radical (unpaired) electrons. The monoisotopic (exact) mass is 391 g/mol. The third-order valence-electron chi connectivity index (χ3n) is 3.46. The lowest BCUT2D eigenvalue weighted by molar-refractivity contribution is 0.384. The van der Waals surface area contributed by atoms with Crippen LogP contribution in [0.1, 0.15) is 12.5 Å². The molecule has 0 spiro atoms. The van der Waals surface area contributed by atoms with Crippen molar-refractivity contribution < 1.29 is 17.5 Å². The van der Waals surface area contributed by atoms with Crippen molar-refractivity contribution in [1.82, 2.24) is 4.31 Å². The highest BCUT2D eigenvalue weighted by Crippen LogP contribution is 2.27. The molecule has 0 unspecified atom stereocenters. The quantitative estimate of drug-likeness (QED) is 0.734. The van der Waals surface area contributed by atoms with Crippen molar-refractivity contribution in [1.29, 1.82) is 0 Å². The third-order valence-corrected chi connectivity index (χ3v) is 6.11. The summed E-state index contributed by atoms with van der Waals surface area (Å²) in [6.07, 6.45) is 0. The van der Waals surface area contributed by atoms with Crippen LogP contribution in [0.3, 0.4) is 0 Å². The second-order valence-corrected chi connectivity index (χ2v) is 7.73. The van der Waals surface area contributed by atoms with Crippen LogP contribution in [-0.4, -0.2) is 26.4 Å². The number of methoxy groups -OCH3 is 1. The lowest BCUT2D eigenvalue weighted by Crippen LogP contribution is -2.30. The molecule has 0 saturated heterocycles. The molecule has 4 nitrogen and oxygen atoms in total. The van der Waals surface area contributed by atoms with E-state index in [9.17, 15) is 12.8 Å². The first-order chi connectivity index (χ1) is 11.3. The number of hydrogen-bond donors (Lipinski definition) is 0. The lowest BCUT2D eigenvalue weighted by Gasteiger charge is -2.21. The third kappa shape index (κ3) is 4.00. The van der Waals surface area contributed by atoms with Crippen LogP contribution in [0.4, 0.5) is 4.39 Å². The van der Waals surface area contributed by atoms with Crippen LogP contribution in [0.2, 0.25) is 10.0 Å². The van der Waals surface area contributed by atoms with Crippen LogP contribution in [0.15, 0.2) is 41.3 Å². The Morgan fingerprint density at radius 1 is 1.12 bits per heavy atom. The van der Waals surface area contributed by atoms with Gasteiger partial charge in [-0.25, -0.2) is 12.8 Å². The van der Waals surface area contributed by atoms with Crippen LogP contribution >= 0.6 is 23.2 Å². The Kier molecular flexibility index (Phi) is 6.09. The molecule has 24 heavy (non-hydrogen) atoms. The van der Waals surface area contributed by atoms with Gasteiger partial charge in [-0.05, 0) is 35.9 Å².